The number of sulfonamides is 1. The second-order valence-corrected chi connectivity index (χ2v) is 11.8. The zero-order chi connectivity index (χ0) is 26.5. The van der Waals surface area contributed by atoms with Gasteiger partial charge in [0.15, 0.2) is 0 Å². The molecule has 2 aromatic carbocycles. The normalized spacial score (nSPS) is 16.1. The van der Waals surface area contributed by atoms with Gasteiger partial charge in [-0.3, -0.25) is 0 Å². The second-order valence-electron chi connectivity index (χ2n) is 9.83. The van der Waals surface area contributed by atoms with Gasteiger partial charge < -0.3 is 20.3 Å². The predicted octanol–water partition coefficient (Wildman–Crippen LogP) is 4.27. The third-order valence-electron chi connectivity index (χ3n) is 6.72. The molecule has 0 spiro atoms. The first-order valence-corrected chi connectivity index (χ1v) is 14.7. The Bertz CT molecular complexity index is 1420. The molecule has 1 saturated heterocycles. The van der Waals surface area contributed by atoms with Crippen molar-refractivity contribution >= 4 is 39.2 Å². The van der Waals surface area contributed by atoms with E-state index >= 15 is 0 Å². The van der Waals surface area contributed by atoms with Crippen molar-refractivity contribution in [2.24, 2.45) is 0 Å². The molecule has 10 heteroatoms. The number of rotatable bonds is 10. The van der Waals surface area contributed by atoms with Gasteiger partial charge in [-0.1, -0.05) is 23.8 Å². The van der Waals surface area contributed by atoms with E-state index in [0.29, 0.717) is 31.5 Å². The molecular formula is C28H34N6O3S. The summed E-state index contributed by atoms with van der Waals surface area (Å²) in [7, 11) is -3.10. The highest BCUT2D eigenvalue weighted by Crippen LogP contribution is 2.28. The van der Waals surface area contributed by atoms with E-state index in [4.69, 9.17) is 4.74 Å². The van der Waals surface area contributed by atoms with Crippen LogP contribution < -0.4 is 15.4 Å². The fraction of sp³-hybridized carbons (Fsp3) is 0.357. The monoisotopic (exact) mass is 534 g/mol. The van der Waals surface area contributed by atoms with E-state index in [1.54, 1.807) is 10.5 Å². The van der Waals surface area contributed by atoms with Gasteiger partial charge in [0, 0.05) is 56.4 Å². The van der Waals surface area contributed by atoms with E-state index in [2.05, 4.69) is 56.7 Å². The Hall–Kier alpha value is -3.47. The molecule has 1 fully saturated rings. The van der Waals surface area contributed by atoms with Crippen molar-refractivity contribution in [3.05, 3.63) is 71.4 Å². The van der Waals surface area contributed by atoms with E-state index < -0.39 is 10.0 Å². The van der Waals surface area contributed by atoms with Crippen LogP contribution in [0.2, 0.25) is 0 Å². The molecule has 1 aromatic heterocycles. The lowest BCUT2D eigenvalue weighted by Gasteiger charge is -2.33. The van der Waals surface area contributed by atoms with Gasteiger partial charge in [0.1, 0.15) is 11.6 Å². The van der Waals surface area contributed by atoms with Crippen LogP contribution in [-0.2, 0) is 16.4 Å². The number of nitrogens with zero attached hydrogens (tertiary/aromatic N) is 4. The Morgan fingerprint density at radius 2 is 1.82 bits per heavy atom. The third-order valence-corrected chi connectivity index (χ3v) is 8.03. The van der Waals surface area contributed by atoms with Crippen LogP contribution in [0.3, 0.4) is 0 Å². The van der Waals surface area contributed by atoms with Crippen molar-refractivity contribution in [3.63, 3.8) is 0 Å². The van der Waals surface area contributed by atoms with E-state index in [0.717, 1.165) is 49.6 Å². The van der Waals surface area contributed by atoms with Crippen LogP contribution in [0.1, 0.15) is 24.5 Å². The summed E-state index contributed by atoms with van der Waals surface area (Å²) < 4.78 is 30.8. The Morgan fingerprint density at radius 3 is 2.63 bits per heavy atom. The summed E-state index contributed by atoms with van der Waals surface area (Å²) in [6.07, 6.45) is 7.11. The summed E-state index contributed by atoms with van der Waals surface area (Å²) in [5, 5.41) is 6.64. The van der Waals surface area contributed by atoms with Crippen LogP contribution in [0, 0.1) is 0 Å². The number of fused-ring (bicyclic) bond motifs is 1. The molecule has 200 valence electrons. The smallest absolute Gasteiger partial charge is 0.229 e. The van der Waals surface area contributed by atoms with Crippen LogP contribution in [0.4, 0.5) is 23.1 Å². The lowest BCUT2D eigenvalue weighted by molar-refractivity contribution is 0.175. The molecule has 2 N–H and O–H groups in total. The zero-order valence-electron chi connectivity index (χ0n) is 21.9. The first-order valence-electron chi connectivity index (χ1n) is 12.9. The van der Waals surface area contributed by atoms with Gasteiger partial charge in [0.05, 0.1) is 12.9 Å². The first kappa shape index (κ1) is 26.1. The molecule has 0 bridgehead atoms. The summed E-state index contributed by atoms with van der Waals surface area (Å²) in [6, 6.07) is 16.0. The second kappa shape index (κ2) is 11.5. The van der Waals surface area contributed by atoms with Gasteiger partial charge in [0.2, 0.25) is 16.0 Å². The molecule has 0 atom stereocenters. The minimum Gasteiger partial charge on any atom is -0.493 e. The van der Waals surface area contributed by atoms with Crippen molar-refractivity contribution in [2.45, 2.75) is 19.8 Å². The Kier molecular flexibility index (Phi) is 7.92. The van der Waals surface area contributed by atoms with Crippen LogP contribution in [0.25, 0.3) is 6.08 Å². The summed E-state index contributed by atoms with van der Waals surface area (Å²) >= 11 is 0. The highest BCUT2D eigenvalue weighted by Gasteiger charge is 2.22. The van der Waals surface area contributed by atoms with Crippen LogP contribution in [0.15, 0.2) is 60.3 Å². The number of aromatic nitrogens is 2. The molecule has 0 amide bonds. The summed E-state index contributed by atoms with van der Waals surface area (Å²) in [4.78, 5) is 11.3. The van der Waals surface area contributed by atoms with Crippen LogP contribution in [0.5, 0.6) is 5.75 Å². The van der Waals surface area contributed by atoms with Crippen molar-refractivity contribution in [1.29, 1.82) is 0 Å². The minimum absolute atomic E-state index is 0.497. The fourth-order valence-corrected chi connectivity index (χ4v) is 5.60. The quantitative estimate of drug-likeness (QED) is 0.372. The molecular weight excluding hydrogens is 500 g/mol. The highest BCUT2D eigenvalue weighted by molar-refractivity contribution is 7.88. The van der Waals surface area contributed by atoms with Gasteiger partial charge >= 0.3 is 0 Å². The summed E-state index contributed by atoms with van der Waals surface area (Å²) in [5.41, 5.74) is 5.82. The van der Waals surface area contributed by atoms with E-state index in [9.17, 15) is 8.42 Å². The molecule has 5 rings (SSSR count). The van der Waals surface area contributed by atoms with E-state index in [-0.39, 0.29) is 0 Å². The molecule has 1 aliphatic carbocycles. The number of hydrogen-bond acceptors (Lipinski definition) is 8. The maximum Gasteiger partial charge on any atom is 0.229 e. The number of hydrogen-bond donors (Lipinski definition) is 2. The van der Waals surface area contributed by atoms with Gasteiger partial charge in [-0.2, -0.15) is 9.29 Å². The molecule has 3 aromatic rings. The summed E-state index contributed by atoms with van der Waals surface area (Å²) in [6.45, 7) is 6.23. The van der Waals surface area contributed by atoms with Gasteiger partial charge in [-0.25, -0.2) is 13.4 Å². The fourth-order valence-electron chi connectivity index (χ4n) is 4.78. The van der Waals surface area contributed by atoms with Gasteiger partial charge in [-0.05, 0) is 61.2 Å². The molecule has 1 aliphatic heterocycles. The number of anilines is 4. The molecule has 9 nitrogen and oxygen atoms in total. The highest BCUT2D eigenvalue weighted by atomic mass is 32.2. The molecule has 0 radical (unpaired) electrons. The molecule has 0 saturated carbocycles. The van der Waals surface area contributed by atoms with Crippen molar-refractivity contribution in [1.82, 2.24) is 19.2 Å². The average molecular weight is 535 g/mol. The van der Waals surface area contributed by atoms with Crippen LogP contribution >= 0.6 is 0 Å². The average Bonchev–Trinajstić information content (AvgIpc) is 3.26. The Labute approximate surface area is 224 Å². The minimum atomic E-state index is -3.10. The number of benzene rings is 2. The Balaban J connectivity index is 1.10. The van der Waals surface area contributed by atoms with Gasteiger partial charge in [-0.15, -0.1) is 0 Å². The van der Waals surface area contributed by atoms with Crippen molar-refractivity contribution < 1.29 is 13.2 Å². The first-order chi connectivity index (χ1) is 18.3. The SMILES string of the molecule is CC1=Cc2cc(Nc3ccnc(Nc4cccc(OCCCN5CCN(S(C)(=O)=O)CC5)c4)n3)ccc2C1. The van der Waals surface area contributed by atoms with Crippen LogP contribution in [-0.4, -0.2) is 73.2 Å². The van der Waals surface area contributed by atoms with Gasteiger partial charge in [0.25, 0.3) is 0 Å². The Morgan fingerprint density at radius 1 is 1.00 bits per heavy atom. The number of nitrogens with one attached hydrogen (secondary N) is 2. The van der Waals surface area contributed by atoms with Crippen molar-refractivity contribution in [3.8, 4) is 5.75 Å². The third kappa shape index (κ3) is 6.89. The maximum absolute atomic E-state index is 11.7. The molecule has 38 heavy (non-hydrogen) atoms. The zero-order valence-corrected chi connectivity index (χ0v) is 22.7. The van der Waals surface area contributed by atoms with Crippen molar-refractivity contribution in [2.75, 3.05) is 56.2 Å². The number of ether oxygens (including phenoxy) is 1. The lowest BCUT2D eigenvalue weighted by Crippen LogP contribution is -2.48. The van der Waals surface area contributed by atoms with E-state index in [1.165, 1.54) is 23.0 Å². The molecule has 2 heterocycles. The topological polar surface area (TPSA) is 99.7 Å². The van der Waals surface area contributed by atoms with E-state index in [1.807, 2.05) is 30.3 Å². The lowest BCUT2D eigenvalue weighted by atomic mass is 10.1. The molecule has 0 unspecified atom stereocenters. The summed E-state index contributed by atoms with van der Waals surface area (Å²) in [5.74, 6) is 1.98. The standard InChI is InChI=1S/C28H34N6O3S/c1-21-17-22-7-8-25(19-23(22)18-21)30-27-9-10-29-28(32-27)31-24-5-3-6-26(20-24)37-16-4-11-33-12-14-34(15-13-33)38(2,35)36/h3,5-10,18-20H,4,11-17H2,1-2H3,(H2,29,30,31,32). The molecule has 2 aliphatic rings. The maximum atomic E-state index is 11.7. The number of allylic oxidation sites excluding steroid dienone is 1. The predicted molar refractivity (Wildman–Crippen MR) is 152 cm³/mol. The number of piperazine rings is 1. The largest absolute Gasteiger partial charge is 0.493 e.